The summed E-state index contributed by atoms with van der Waals surface area (Å²) in [6.07, 6.45) is 2.53. The molecule has 1 aromatic rings. The van der Waals surface area contributed by atoms with Gasteiger partial charge in [0.25, 0.3) is 5.91 Å². The number of rotatable bonds is 4. The summed E-state index contributed by atoms with van der Waals surface area (Å²) >= 11 is 6.08. The first-order chi connectivity index (χ1) is 9.09. The van der Waals surface area contributed by atoms with Gasteiger partial charge in [0.05, 0.1) is 16.3 Å². The number of carbonyl (C=O) groups is 1. The van der Waals surface area contributed by atoms with Gasteiger partial charge in [-0.05, 0) is 38.1 Å². The lowest BCUT2D eigenvalue weighted by Gasteiger charge is -2.22. The van der Waals surface area contributed by atoms with Gasteiger partial charge in [-0.1, -0.05) is 17.7 Å². The number of likely N-dealkylation sites (tertiary alicyclic amines) is 1. The number of anilines is 1. The van der Waals surface area contributed by atoms with Crippen LogP contribution in [0.15, 0.2) is 18.2 Å². The molecule has 1 fully saturated rings. The molecule has 0 spiro atoms. The first kappa shape index (κ1) is 14.2. The number of likely N-dealkylation sites (N-methyl/N-ethyl adjacent to an activating group) is 1. The van der Waals surface area contributed by atoms with Crippen LogP contribution in [-0.4, -0.2) is 48.9 Å². The van der Waals surface area contributed by atoms with Crippen molar-refractivity contribution in [2.24, 2.45) is 0 Å². The zero-order valence-electron chi connectivity index (χ0n) is 11.2. The van der Waals surface area contributed by atoms with Gasteiger partial charge >= 0.3 is 0 Å². The highest BCUT2D eigenvalue weighted by Gasteiger charge is 2.18. The molecular formula is C14H20ClN3O. The standard InChI is InChI=1S/C14H20ClN3O/c1-17(9-10-18-7-2-3-8-18)14(19)11-5-4-6-12(16)13(11)15/h4-6H,2-3,7-10,16H2,1H3. The summed E-state index contributed by atoms with van der Waals surface area (Å²) in [7, 11) is 1.80. The molecule has 0 saturated carbocycles. The lowest BCUT2D eigenvalue weighted by Crippen LogP contribution is -2.35. The molecule has 0 aromatic heterocycles. The zero-order chi connectivity index (χ0) is 13.8. The lowest BCUT2D eigenvalue weighted by molar-refractivity contribution is 0.0782. The third kappa shape index (κ3) is 3.39. The van der Waals surface area contributed by atoms with E-state index in [4.69, 9.17) is 17.3 Å². The van der Waals surface area contributed by atoms with Gasteiger partial charge in [-0.25, -0.2) is 0 Å². The third-order valence-corrected chi connectivity index (χ3v) is 3.98. The Balaban J connectivity index is 1.96. The maximum absolute atomic E-state index is 12.3. The molecule has 1 aromatic carbocycles. The molecule has 0 atom stereocenters. The molecule has 2 rings (SSSR count). The quantitative estimate of drug-likeness (QED) is 0.860. The van der Waals surface area contributed by atoms with E-state index in [0.717, 1.165) is 19.6 Å². The molecule has 0 bridgehead atoms. The Morgan fingerprint density at radius 2 is 2.11 bits per heavy atom. The highest BCUT2D eigenvalue weighted by molar-refractivity contribution is 6.36. The normalized spacial score (nSPS) is 15.7. The number of halogens is 1. The highest BCUT2D eigenvalue weighted by Crippen LogP contribution is 2.24. The van der Waals surface area contributed by atoms with Gasteiger partial charge in [0.15, 0.2) is 0 Å². The van der Waals surface area contributed by atoms with E-state index in [1.165, 1.54) is 12.8 Å². The van der Waals surface area contributed by atoms with E-state index in [-0.39, 0.29) is 5.91 Å². The van der Waals surface area contributed by atoms with Gasteiger partial charge in [0.2, 0.25) is 0 Å². The Hall–Kier alpha value is -1.26. The molecule has 0 radical (unpaired) electrons. The summed E-state index contributed by atoms with van der Waals surface area (Å²) < 4.78 is 0. The minimum absolute atomic E-state index is 0.0727. The summed E-state index contributed by atoms with van der Waals surface area (Å²) in [6.45, 7) is 3.91. The molecule has 1 aliphatic heterocycles. The molecular weight excluding hydrogens is 262 g/mol. The second-order valence-corrected chi connectivity index (χ2v) is 5.36. The monoisotopic (exact) mass is 281 g/mol. The number of nitrogens with two attached hydrogens (primary N) is 1. The van der Waals surface area contributed by atoms with Crippen molar-refractivity contribution in [3.05, 3.63) is 28.8 Å². The van der Waals surface area contributed by atoms with Crippen LogP contribution in [0, 0.1) is 0 Å². The van der Waals surface area contributed by atoms with Crippen LogP contribution in [0.1, 0.15) is 23.2 Å². The second-order valence-electron chi connectivity index (χ2n) is 4.98. The van der Waals surface area contributed by atoms with E-state index in [1.807, 2.05) is 0 Å². The van der Waals surface area contributed by atoms with Gasteiger partial charge in [-0.15, -0.1) is 0 Å². The fraction of sp³-hybridized carbons (Fsp3) is 0.500. The van der Waals surface area contributed by atoms with Gasteiger partial charge in [0, 0.05) is 20.1 Å². The Morgan fingerprint density at radius 3 is 2.79 bits per heavy atom. The van der Waals surface area contributed by atoms with Crippen molar-refractivity contribution in [2.75, 3.05) is 39.0 Å². The molecule has 0 aliphatic carbocycles. The summed E-state index contributed by atoms with van der Waals surface area (Å²) in [5.74, 6) is -0.0727. The largest absolute Gasteiger partial charge is 0.398 e. The van der Waals surface area contributed by atoms with E-state index in [9.17, 15) is 4.79 Å². The second kappa shape index (κ2) is 6.26. The van der Waals surface area contributed by atoms with Crippen molar-refractivity contribution in [3.63, 3.8) is 0 Å². The first-order valence-corrected chi connectivity index (χ1v) is 6.99. The first-order valence-electron chi connectivity index (χ1n) is 6.61. The summed E-state index contributed by atoms with van der Waals surface area (Å²) in [4.78, 5) is 16.4. The molecule has 0 unspecified atom stereocenters. The topological polar surface area (TPSA) is 49.6 Å². The maximum Gasteiger partial charge on any atom is 0.255 e. The molecule has 104 valence electrons. The fourth-order valence-electron chi connectivity index (χ4n) is 2.32. The van der Waals surface area contributed by atoms with Crippen molar-refractivity contribution < 1.29 is 4.79 Å². The van der Waals surface area contributed by atoms with Crippen molar-refractivity contribution in [1.29, 1.82) is 0 Å². The van der Waals surface area contributed by atoms with Crippen LogP contribution >= 0.6 is 11.6 Å². The molecule has 2 N–H and O–H groups in total. The van der Waals surface area contributed by atoms with E-state index in [1.54, 1.807) is 30.1 Å². The molecule has 1 heterocycles. The Kier molecular flexibility index (Phi) is 4.66. The average Bonchev–Trinajstić information content (AvgIpc) is 2.91. The van der Waals surface area contributed by atoms with Gasteiger partial charge < -0.3 is 15.5 Å². The minimum atomic E-state index is -0.0727. The maximum atomic E-state index is 12.3. The minimum Gasteiger partial charge on any atom is -0.398 e. The summed E-state index contributed by atoms with van der Waals surface area (Å²) in [5.41, 5.74) is 6.64. The number of hydrogen-bond donors (Lipinski definition) is 1. The Bertz CT molecular complexity index is 458. The number of amides is 1. The Morgan fingerprint density at radius 1 is 1.42 bits per heavy atom. The van der Waals surface area contributed by atoms with E-state index in [2.05, 4.69) is 4.90 Å². The van der Waals surface area contributed by atoms with E-state index < -0.39 is 0 Å². The molecule has 1 saturated heterocycles. The van der Waals surface area contributed by atoms with Crippen LogP contribution in [-0.2, 0) is 0 Å². The van der Waals surface area contributed by atoms with Crippen LogP contribution in [0.4, 0.5) is 5.69 Å². The zero-order valence-corrected chi connectivity index (χ0v) is 12.0. The Labute approximate surface area is 119 Å². The van der Waals surface area contributed by atoms with Crippen LogP contribution < -0.4 is 5.73 Å². The molecule has 4 nitrogen and oxygen atoms in total. The average molecular weight is 282 g/mol. The number of carbonyl (C=O) groups excluding carboxylic acids is 1. The molecule has 5 heteroatoms. The van der Waals surface area contributed by atoms with Crippen LogP contribution in [0.2, 0.25) is 5.02 Å². The molecule has 19 heavy (non-hydrogen) atoms. The number of nitrogens with zero attached hydrogens (tertiary/aromatic N) is 2. The van der Waals surface area contributed by atoms with Gasteiger partial charge in [-0.3, -0.25) is 4.79 Å². The summed E-state index contributed by atoms with van der Waals surface area (Å²) in [6, 6.07) is 5.17. The van der Waals surface area contributed by atoms with Gasteiger partial charge in [0.1, 0.15) is 0 Å². The highest BCUT2D eigenvalue weighted by atomic mass is 35.5. The lowest BCUT2D eigenvalue weighted by atomic mass is 10.2. The third-order valence-electron chi connectivity index (χ3n) is 3.56. The molecule has 1 amide bonds. The van der Waals surface area contributed by atoms with E-state index >= 15 is 0 Å². The van der Waals surface area contributed by atoms with Crippen molar-refractivity contribution in [2.45, 2.75) is 12.8 Å². The van der Waals surface area contributed by atoms with Crippen molar-refractivity contribution in [1.82, 2.24) is 9.80 Å². The predicted octanol–water partition coefficient (Wildman–Crippen LogP) is 2.09. The molecule has 1 aliphatic rings. The number of nitrogen functional groups attached to an aromatic ring is 1. The van der Waals surface area contributed by atoms with E-state index in [0.29, 0.717) is 22.8 Å². The fourth-order valence-corrected chi connectivity index (χ4v) is 2.53. The van der Waals surface area contributed by atoms with Crippen molar-refractivity contribution >= 4 is 23.2 Å². The van der Waals surface area contributed by atoms with Crippen LogP contribution in [0.25, 0.3) is 0 Å². The number of hydrogen-bond acceptors (Lipinski definition) is 3. The smallest absolute Gasteiger partial charge is 0.255 e. The van der Waals surface area contributed by atoms with Crippen LogP contribution in [0.3, 0.4) is 0 Å². The number of benzene rings is 1. The van der Waals surface area contributed by atoms with Crippen LogP contribution in [0.5, 0.6) is 0 Å². The summed E-state index contributed by atoms with van der Waals surface area (Å²) in [5, 5.41) is 0.348. The van der Waals surface area contributed by atoms with Gasteiger partial charge in [-0.2, -0.15) is 0 Å². The SMILES string of the molecule is CN(CCN1CCCC1)C(=O)c1cccc(N)c1Cl. The predicted molar refractivity (Wildman–Crippen MR) is 78.5 cm³/mol. The van der Waals surface area contributed by atoms with Crippen molar-refractivity contribution in [3.8, 4) is 0 Å².